The highest BCUT2D eigenvalue weighted by atomic mass is 35.5. The third kappa shape index (κ3) is 4.34. The van der Waals surface area contributed by atoms with Gasteiger partial charge in [0.1, 0.15) is 5.82 Å². The zero-order chi connectivity index (χ0) is 16.9. The van der Waals surface area contributed by atoms with Crippen molar-refractivity contribution in [2.24, 2.45) is 0 Å². The van der Waals surface area contributed by atoms with Crippen molar-refractivity contribution in [2.75, 3.05) is 10.6 Å². The first-order chi connectivity index (χ1) is 11.6. The third-order valence-electron chi connectivity index (χ3n) is 3.25. The third-order valence-corrected chi connectivity index (χ3v) is 3.80. The molecular weight excluding hydrogens is 345 g/mol. The average Bonchev–Trinajstić information content (AvgIpc) is 2.56. The smallest absolute Gasteiger partial charge is 0.229 e. The molecule has 122 valence electrons. The van der Waals surface area contributed by atoms with Crippen molar-refractivity contribution in [3.8, 4) is 0 Å². The molecule has 0 unspecified atom stereocenters. The van der Waals surface area contributed by atoms with Crippen molar-refractivity contribution in [1.29, 1.82) is 0 Å². The Bertz CT molecular complexity index is 840. The molecule has 0 saturated heterocycles. The van der Waals surface area contributed by atoms with Gasteiger partial charge in [0.05, 0.1) is 10.7 Å². The first-order valence-corrected chi connectivity index (χ1v) is 8.06. The monoisotopic (exact) mass is 359 g/mol. The van der Waals surface area contributed by atoms with Gasteiger partial charge in [-0.2, -0.15) is 4.98 Å². The van der Waals surface area contributed by atoms with Gasteiger partial charge < -0.3 is 10.6 Å². The Morgan fingerprint density at radius 2 is 1.79 bits per heavy atom. The molecule has 0 radical (unpaired) electrons. The second kappa shape index (κ2) is 7.47. The van der Waals surface area contributed by atoms with Crippen molar-refractivity contribution >= 4 is 40.7 Å². The number of pyridine rings is 1. The van der Waals surface area contributed by atoms with Crippen LogP contribution in [0.15, 0.2) is 48.8 Å². The van der Waals surface area contributed by atoms with Crippen LogP contribution in [-0.2, 0) is 6.54 Å². The van der Waals surface area contributed by atoms with E-state index in [0.29, 0.717) is 28.2 Å². The molecule has 3 rings (SSSR count). The maximum Gasteiger partial charge on any atom is 0.229 e. The van der Waals surface area contributed by atoms with Crippen molar-refractivity contribution in [1.82, 2.24) is 15.0 Å². The van der Waals surface area contributed by atoms with Gasteiger partial charge in [0.25, 0.3) is 0 Å². The van der Waals surface area contributed by atoms with E-state index in [2.05, 4.69) is 25.6 Å². The quantitative estimate of drug-likeness (QED) is 0.682. The van der Waals surface area contributed by atoms with Gasteiger partial charge in [-0.3, -0.25) is 4.98 Å². The molecule has 2 N–H and O–H groups in total. The molecule has 3 aromatic rings. The summed E-state index contributed by atoms with van der Waals surface area (Å²) in [5.41, 5.74) is 2.66. The minimum absolute atomic E-state index is 0.469. The van der Waals surface area contributed by atoms with Gasteiger partial charge >= 0.3 is 0 Å². The molecule has 24 heavy (non-hydrogen) atoms. The fourth-order valence-electron chi connectivity index (χ4n) is 2.12. The highest BCUT2D eigenvalue weighted by Gasteiger charge is 2.06. The number of halogens is 2. The molecule has 0 aliphatic rings. The Kier molecular flexibility index (Phi) is 5.13. The molecule has 0 fully saturated rings. The largest absolute Gasteiger partial charge is 0.366 e. The van der Waals surface area contributed by atoms with Gasteiger partial charge in [0.15, 0.2) is 0 Å². The zero-order valence-electron chi connectivity index (χ0n) is 12.9. The van der Waals surface area contributed by atoms with Crippen LogP contribution in [0.3, 0.4) is 0 Å². The average molecular weight is 360 g/mol. The Hall–Kier alpha value is -2.37. The van der Waals surface area contributed by atoms with Crippen molar-refractivity contribution in [3.63, 3.8) is 0 Å². The standard InChI is InChI=1S/C17H15Cl2N5/c1-11-8-16(21-10-12-4-6-20-7-5-12)24-17(22-11)23-15-3-2-13(18)9-14(15)19/h2-9H,10H2,1H3,(H2,21,22,23,24). The molecule has 0 aliphatic heterocycles. The number of hydrogen-bond donors (Lipinski definition) is 2. The van der Waals surface area contributed by atoms with Crippen molar-refractivity contribution < 1.29 is 0 Å². The number of nitrogens with one attached hydrogen (secondary N) is 2. The number of rotatable bonds is 5. The second-order valence-corrected chi connectivity index (χ2v) is 6.02. The van der Waals surface area contributed by atoms with Gasteiger partial charge in [0.2, 0.25) is 5.95 Å². The van der Waals surface area contributed by atoms with Crippen LogP contribution < -0.4 is 10.6 Å². The first-order valence-electron chi connectivity index (χ1n) is 7.31. The molecule has 0 atom stereocenters. The van der Waals surface area contributed by atoms with Gasteiger partial charge in [-0.1, -0.05) is 23.2 Å². The SMILES string of the molecule is Cc1cc(NCc2ccncc2)nc(Nc2ccc(Cl)cc2Cl)n1. The molecule has 7 heteroatoms. The van der Waals surface area contributed by atoms with Crippen LogP contribution in [0.25, 0.3) is 0 Å². The molecule has 0 aliphatic carbocycles. The van der Waals surface area contributed by atoms with E-state index >= 15 is 0 Å². The van der Waals surface area contributed by atoms with Crippen LogP contribution in [0.5, 0.6) is 0 Å². The lowest BCUT2D eigenvalue weighted by Crippen LogP contribution is -2.05. The number of nitrogens with zero attached hydrogens (tertiary/aromatic N) is 3. The van der Waals surface area contributed by atoms with Crippen LogP contribution in [0.4, 0.5) is 17.5 Å². The highest BCUT2D eigenvalue weighted by molar-refractivity contribution is 6.36. The number of aromatic nitrogens is 3. The summed E-state index contributed by atoms with van der Waals surface area (Å²) in [6.45, 7) is 2.56. The maximum absolute atomic E-state index is 6.18. The first kappa shape index (κ1) is 16.5. The molecule has 1 aromatic carbocycles. The zero-order valence-corrected chi connectivity index (χ0v) is 14.4. The van der Waals surface area contributed by atoms with E-state index in [9.17, 15) is 0 Å². The molecule has 5 nitrogen and oxygen atoms in total. The fraction of sp³-hybridized carbons (Fsp3) is 0.118. The maximum atomic E-state index is 6.18. The van der Waals surface area contributed by atoms with E-state index in [1.807, 2.05) is 25.1 Å². The minimum atomic E-state index is 0.469. The summed E-state index contributed by atoms with van der Waals surface area (Å²) in [5, 5.41) is 7.49. The molecule has 0 amide bonds. The van der Waals surface area contributed by atoms with E-state index in [4.69, 9.17) is 23.2 Å². The fourth-order valence-corrected chi connectivity index (χ4v) is 2.58. The van der Waals surface area contributed by atoms with E-state index < -0.39 is 0 Å². The van der Waals surface area contributed by atoms with Crippen LogP contribution >= 0.6 is 23.2 Å². The van der Waals surface area contributed by atoms with Crippen molar-refractivity contribution in [3.05, 3.63) is 70.1 Å². The van der Waals surface area contributed by atoms with Crippen LogP contribution in [0.1, 0.15) is 11.3 Å². The lowest BCUT2D eigenvalue weighted by molar-refractivity contribution is 1.05. The summed E-state index contributed by atoms with van der Waals surface area (Å²) in [6.07, 6.45) is 3.52. The summed E-state index contributed by atoms with van der Waals surface area (Å²) in [5.74, 6) is 1.20. The second-order valence-electron chi connectivity index (χ2n) is 5.18. The normalized spacial score (nSPS) is 10.5. The predicted molar refractivity (Wildman–Crippen MR) is 98.1 cm³/mol. The Labute approximate surface area is 150 Å². The Morgan fingerprint density at radius 1 is 1.00 bits per heavy atom. The topological polar surface area (TPSA) is 62.7 Å². The van der Waals surface area contributed by atoms with Crippen molar-refractivity contribution in [2.45, 2.75) is 13.5 Å². The molecular formula is C17H15Cl2N5. The number of anilines is 3. The molecule has 0 bridgehead atoms. The lowest BCUT2D eigenvalue weighted by atomic mass is 10.3. The number of aryl methyl sites for hydroxylation is 1. The number of benzene rings is 1. The molecule has 2 heterocycles. The van der Waals surface area contributed by atoms with Gasteiger partial charge in [-0.25, -0.2) is 4.98 Å². The summed E-state index contributed by atoms with van der Waals surface area (Å²) in [4.78, 5) is 12.9. The summed E-state index contributed by atoms with van der Waals surface area (Å²) in [7, 11) is 0. The summed E-state index contributed by atoms with van der Waals surface area (Å²) >= 11 is 12.1. The van der Waals surface area contributed by atoms with E-state index in [1.165, 1.54) is 0 Å². The van der Waals surface area contributed by atoms with Gasteiger partial charge in [-0.05, 0) is 42.8 Å². The van der Waals surface area contributed by atoms with Crippen LogP contribution in [0.2, 0.25) is 10.0 Å². The predicted octanol–water partition coefficient (Wildman–Crippen LogP) is 4.84. The molecule has 0 saturated carbocycles. The highest BCUT2D eigenvalue weighted by Crippen LogP contribution is 2.27. The summed E-state index contributed by atoms with van der Waals surface area (Å²) < 4.78 is 0. The Balaban J connectivity index is 1.76. The van der Waals surface area contributed by atoms with Gasteiger partial charge in [0, 0.05) is 35.7 Å². The van der Waals surface area contributed by atoms with Crippen LogP contribution in [0, 0.1) is 6.92 Å². The molecule has 2 aromatic heterocycles. The lowest BCUT2D eigenvalue weighted by Gasteiger charge is -2.11. The van der Waals surface area contributed by atoms with E-state index in [0.717, 1.165) is 17.1 Å². The van der Waals surface area contributed by atoms with Crippen LogP contribution in [-0.4, -0.2) is 15.0 Å². The Morgan fingerprint density at radius 3 is 2.54 bits per heavy atom. The molecule has 0 spiro atoms. The van der Waals surface area contributed by atoms with Gasteiger partial charge in [-0.15, -0.1) is 0 Å². The van der Waals surface area contributed by atoms with E-state index in [1.54, 1.807) is 30.6 Å². The van der Waals surface area contributed by atoms with E-state index in [-0.39, 0.29) is 0 Å². The minimum Gasteiger partial charge on any atom is -0.366 e. The summed E-state index contributed by atoms with van der Waals surface area (Å²) in [6, 6.07) is 11.0. The number of hydrogen-bond acceptors (Lipinski definition) is 5.